The van der Waals surface area contributed by atoms with Gasteiger partial charge in [-0.15, -0.1) is 0 Å². The van der Waals surface area contributed by atoms with Crippen LogP contribution in [0.15, 0.2) is 60.7 Å². The fourth-order valence-electron chi connectivity index (χ4n) is 3.34. The van der Waals surface area contributed by atoms with E-state index in [0.717, 1.165) is 38.3 Å². The number of carbonyl (C=O) groups is 1. The third-order valence-corrected chi connectivity index (χ3v) is 5.13. The van der Waals surface area contributed by atoms with Crippen LogP contribution in [0.2, 0.25) is 0 Å². The van der Waals surface area contributed by atoms with Crippen molar-refractivity contribution in [2.24, 2.45) is 0 Å². The van der Waals surface area contributed by atoms with Gasteiger partial charge in [-0.1, -0.05) is 75.4 Å². The van der Waals surface area contributed by atoms with Gasteiger partial charge >= 0.3 is 0 Å². The zero-order chi connectivity index (χ0) is 19.3. The highest BCUT2D eigenvalue weighted by Crippen LogP contribution is 2.22. The Kier molecular flexibility index (Phi) is 6.12. The fourth-order valence-corrected chi connectivity index (χ4v) is 3.34. The minimum atomic E-state index is 0.106. The molecule has 0 radical (unpaired) electrons. The Labute approximate surface area is 163 Å². The molecule has 1 amide bonds. The van der Waals surface area contributed by atoms with Crippen LogP contribution in [0.5, 0.6) is 0 Å². The largest absolute Gasteiger partial charge is 0.337 e. The highest BCUT2D eigenvalue weighted by atomic mass is 16.2. The van der Waals surface area contributed by atoms with E-state index in [1.807, 2.05) is 17.0 Å². The van der Waals surface area contributed by atoms with Crippen LogP contribution in [0.1, 0.15) is 37.5 Å². The molecule has 1 fully saturated rings. The first-order valence-electron chi connectivity index (χ1n) is 9.76. The zero-order valence-corrected chi connectivity index (χ0v) is 16.7. The van der Waals surface area contributed by atoms with Crippen LogP contribution in [0.3, 0.4) is 0 Å². The van der Waals surface area contributed by atoms with Crippen LogP contribution in [0.4, 0.5) is 0 Å². The van der Waals surface area contributed by atoms with Gasteiger partial charge in [0.05, 0.1) is 0 Å². The summed E-state index contributed by atoms with van der Waals surface area (Å²) in [4.78, 5) is 16.8. The maximum atomic E-state index is 12.5. The number of hydrogen-bond acceptors (Lipinski definition) is 2. The van der Waals surface area contributed by atoms with E-state index in [9.17, 15) is 4.79 Å². The maximum Gasteiger partial charge on any atom is 0.246 e. The van der Waals surface area contributed by atoms with Crippen molar-refractivity contribution in [2.45, 2.75) is 32.7 Å². The summed E-state index contributed by atoms with van der Waals surface area (Å²) in [6.07, 6.45) is 3.63. The smallest absolute Gasteiger partial charge is 0.246 e. The van der Waals surface area contributed by atoms with Gasteiger partial charge in [0.1, 0.15) is 0 Å². The topological polar surface area (TPSA) is 23.6 Å². The third-order valence-electron chi connectivity index (χ3n) is 5.13. The molecule has 0 bridgehead atoms. The van der Waals surface area contributed by atoms with Gasteiger partial charge in [-0.05, 0) is 28.2 Å². The van der Waals surface area contributed by atoms with Crippen LogP contribution in [0, 0.1) is 0 Å². The Hall–Kier alpha value is -2.39. The molecule has 2 aromatic carbocycles. The van der Waals surface area contributed by atoms with Crippen LogP contribution in [0.25, 0.3) is 6.08 Å². The van der Waals surface area contributed by atoms with Crippen LogP contribution >= 0.6 is 0 Å². The summed E-state index contributed by atoms with van der Waals surface area (Å²) in [5.41, 5.74) is 3.85. The van der Waals surface area contributed by atoms with Crippen molar-refractivity contribution in [2.75, 3.05) is 26.2 Å². The van der Waals surface area contributed by atoms with E-state index in [1.54, 1.807) is 6.08 Å². The van der Waals surface area contributed by atoms with Gasteiger partial charge in [-0.3, -0.25) is 9.69 Å². The van der Waals surface area contributed by atoms with Gasteiger partial charge in [0.2, 0.25) is 5.91 Å². The molecule has 0 atom stereocenters. The lowest BCUT2D eigenvalue weighted by atomic mass is 9.87. The van der Waals surface area contributed by atoms with Gasteiger partial charge in [0.15, 0.2) is 0 Å². The Morgan fingerprint density at radius 2 is 1.56 bits per heavy atom. The molecule has 0 spiro atoms. The summed E-state index contributed by atoms with van der Waals surface area (Å²) in [5, 5.41) is 0. The summed E-state index contributed by atoms with van der Waals surface area (Å²) >= 11 is 0. The second-order valence-corrected chi connectivity index (χ2v) is 8.29. The van der Waals surface area contributed by atoms with Crippen LogP contribution in [-0.2, 0) is 16.8 Å². The molecule has 1 aliphatic heterocycles. The Morgan fingerprint density at radius 3 is 2.15 bits per heavy atom. The van der Waals surface area contributed by atoms with E-state index in [0.29, 0.717) is 0 Å². The highest BCUT2D eigenvalue weighted by molar-refractivity contribution is 5.91. The first-order chi connectivity index (χ1) is 12.9. The second-order valence-electron chi connectivity index (χ2n) is 8.29. The summed E-state index contributed by atoms with van der Waals surface area (Å²) in [6, 6.07) is 19.0. The predicted octanol–water partition coefficient (Wildman–Crippen LogP) is 4.34. The number of amides is 1. The van der Waals surface area contributed by atoms with Crippen molar-refractivity contribution in [1.29, 1.82) is 0 Å². The third kappa shape index (κ3) is 5.54. The Balaban J connectivity index is 1.50. The van der Waals surface area contributed by atoms with E-state index in [1.165, 1.54) is 11.1 Å². The van der Waals surface area contributed by atoms with Gasteiger partial charge in [-0.25, -0.2) is 0 Å². The minimum absolute atomic E-state index is 0.106. The molecule has 1 aliphatic rings. The van der Waals surface area contributed by atoms with E-state index < -0.39 is 0 Å². The second kappa shape index (κ2) is 8.53. The van der Waals surface area contributed by atoms with E-state index in [2.05, 4.69) is 74.2 Å². The molecule has 1 heterocycles. The van der Waals surface area contributed by atoms with E-state index >= 15 is 0 Å². The average molecular weight is 363 g/mol. The first kappa shape index (κ1) is 19.4. The lowest BCUT2D eigenvalue weighted by Gasteiger charge is -2.34. The van der Waals surface area contributed by atoms with Crippen molar-refractivity contribution in [1.82, 2.24) is 9.80 Å². The molecule has 1 saturated heterocycles. The van der Waals surface area contributed by atoms with Crippen molar-refractivity contribution >= 4 is 12.0 Å². The van der Waals surface area contributed by atoms with Crippen LogP contribution < -0.4 is 0 Å². The monoisotopic (exact) mass is 362 g/mol. The number of nitrogens with zero attached hydrogens (tertiary/aromatic N) is 2. The quantitative estimate of drug-likeness (QED) is 0.755. The van der Waals surface area contributed by atoms with Gasteiger partial charge < -0.3 is 4.90 Å². The summed E-state index contributed by atoms with van der Waals surface area (Å²) in [5.74, 6) is 0.106. The molecular weight excluding hydrogens is 332 g/mol. The highest BCUT2D eigenvalue weighted by Gasteiger charge is 2.19. The van der Waals surface area contributed by atoms with Crippen LogP contribution in [-0.4, -0.2) is 41.9 Å². The molecule has 0 N–H and O–H groups in total. The van der Waals surface area contributed by atoms with Gasteiger partial charge in [0.25, 0.3) is 0 Å². The SMILES string of the molecule is CC(C)(C)c1ccc(C=CC(=O)N2CCN(Cc3ccccc3)CC2)cc1. The normalized spacial score (nSPS) is 16.0. The molecule has 27 heavy (non-hydrogen) atoms. The van der Waals surface area contributed by atoms with Crippen molar-refractivity contribution in [3.8, 4) is 0 Å². The standard InChI is InChI=1S/C24H30N2O/c1-24(2,3)22-12-9-20(10-13-22)11-14-23(27)26-17-15-25(16-18-26)19-21-7-5-4-6-8-21/h4-14H,15-19H2,1-3H3. The molecule has 3 nitrogen and oxygen atoms in total. The Bertz CT molecular complexity index is 764. The summed E-state index contributed by atoms with van der Waals surface area (Å²) in [6.45, 7) is 11.0. The zero-order valence-electron chi connectivity index (χ0n) is 16.7. The number of hydrogen-bond donors (Lipinski definition) is 0. The van der Waals surface area contributed by atoms with Crippen molar-refractivity contribution in [3.05, 3.63) is 77.4 Å². The average Bonchev–Trinajstić information content (AvgIpc) is 2.67. The molecule has 142 valence electrons. The summed E-state index contributed by atoms with van der Waals surface area (Å²) in [7, 11) is 0. The predicted molar refractivity (Wildman–Crippen MR) is 112 cm³/mol. The van der Waals surface area contributed by atoms with Gasteiger partial charge in [-0.2, -0.15) is 0 Å². The molecule has 3 rings (SSSR count). The maximum absolute atomic E-state index is 12.5. The van der Waals surface area contributed by atoms with Gasteiger partial charge in [0, 0.05) is 38.8 Å². The molecule has 0 unspecified atom stereocenters. The minimum Gasteiger partial charge on any atom is -0.337 e. The lowest BCUT2D eigenvalue weighted by molar-refractivity contribution is -0.127. The van der Waals surface area contributed by atoms with E-state index in [4.69, 9.17) is 0 Å². The number of piperazine rings is 1. The first-order valence-corrected chi connectivity index (χ1v) is 9.76. The molecule has 2 aromatic rings. The molecular formula is C24H30N2O. The van der Waals surface area contributed by atoms with E-state index in [-0.39, 0.29) is 11.3 Å². The molecule has 0 aliphatic carbocycles. The Morgan fingerprint density at radius 1 is 0.926 bits per heavy atom. The molecule has 0 aromatic heterocycles. The number of rotatable bonds is 4. The summed E-state index contributed by atoms with van der Waals surface area (Å²) < 4.78 is 0. The van der Waals surface area contributed by atoms with Crippen molar-refractivity contribution < 1.29 is 4.79 Å². The van der Waals surface area contributed by atoms with Crippen molar-refractivity contribution in [3.63, 3.8) is 0 Å². The number of benzene rings is 2. The number of carbonyl (C=O) groups excluding carboxylic acids is 1. The molecule has 0 saturated carbocycles. The lowest BCUT2D eigenvalue weighted by Crippen LogP contribution is -2.47. The fraction of sp³-hybridized carbons (Fsp3) is 0.375. The molecule has 3 heteroatoms.